The van der Waals surface area contributed by atoms with Crippen LogP contribution in [0.3, 0.4) is 0 Å². The smallest absolute Gasteiger partial charge is 0.0371 e. The van der Waals surface area contributed by atoms with Crippen LogP contribution in [0.1, 0.15) is 46.1 Å². The molecule has 1 nitrogen and oxygen atoms in total. The standard InChI is InChI=1S/C15H25N/c1-6-13(4)16(14(5)7-2)15-10-8-12(3)9-11-15/h8-11,13-14H,6-7H2,1-5H3. The zero-order valence-electron chi connectivity index (χ0n) is 11.3. The lowest BCUT2D eigenvalue weighted by Gasteiger charge is -2.36. The van der Waals surface area contributed by atoms with Crippen LogP contribution in [0.4, 0.5) is 5.69 Å². The van der Waals surface area contributed by atoms with Gasteiger partial charge in [-0.25, -0.2) is 0 Å². The van der Waals surface area contributed by atoms with Crippen LogP contribution in [0.5, 0.6) is 0 Å². The Morgan fingerprint density at radius 2 is 1.38 bits per heavy atom. The van der Waals surface area contributed by atoms with Gasteiger partial charge in [-0.3, -0.25) is 0 Å². The van der Waals surface area contributed by atoms with Crippen LogP contribution in [0.15, 0.2) is 24.3 Å². The monoisotopic (exact) mass is 219 g/mol. The van der Waals surface area contributed by atoms with Gasteiger partial charge in [0.05, 0.1) is 0 Å². The van der Waals surface area contributed by atoms with E-state index in [4.69, 9.17) is 0 Å². The molecule has 0 saturated carbocycles. The summed E-state index contributed by atoms with van der Waals surface area (Å²) in [5.74, 6) is 0. The van der Waals surface area contributed by atoms with Gasteiger partial charge in [0.1, 0.15) is 0 Å². The Morgan fingerprint density at radius 3 is 1.75 bits per heavy atom. The van der Waals surface area contributed by atoms with Gasteiger partial charge in [0, 0.05) is 17.8 Å². The summed E-state index contributed by atoms with van der Waals surface area (Å²) >= 11 is 0. The fourth-order valence-electron chi connectivity index (χ4n) is 2.05. The van der Waals surface area contributed by atoms with E-state index in [9.17, 15) is 0 Å². The van der Waals surface area contributed by atoms with Gasteiger partial charge in [0.25, 0.3) is 0 Å². The second-order valence-corrected chi connectivity index (χ2v) is 4.76. The topological polar surface area (TPSA) is 3.24 Å². The van der Waals surface area contributed by atoms with Crippen molar-refractivity contribution in [2.45, 2.75) is 59.5 Å². The molecule has 1 heteroatoms. The van der Waals surface area contributed by atoms with Crippen LogP contribution in [-0.2, 0) is 0 Å². The van der Waals surface area contributed by atoms with E-state index in [1.54, 1.807) is 0 Å². The zero-order valence-corrected chi connectivity index (χ0v) is 11.3. The average molecular weight is 219 g/mol. The molecule has 0 aliphatic rings. The summed E-state index contributed by atoms with van der Waals surface area (Å²) < 4.78 is 0. The van der Waals surface area contributed by atoms with E-state index in [1.807, 2.05) is 0 Å². The van der Waals surface area contributed by atoms with E-state index in [-0.39, 0.29) is 0 Å². The maximum Gasteiger partial charge on any atom is 0.0371 e. The molecule has 0 aliphatic heterocycles. The van der Waals surface area contributed by atoms with Gasteiger partial charge in [0.2, 0.25) is 0 Å². The van der Waals surface area contributed by atoms with Crippen molar-refractivity contribution >= 4 is 5.69 Å². The van der Waals surface area contributed by atoms with E-state index in [1.165, 1.54) is 24.1 Å². The predicted molar refractivity (Wildman–Crippen MR) is 73.2 cm³/mol. The highest BCUT2D eigenvalue weighted by Crippen LogP contribution is 2.23. The van der Waals surface area contributed by atoms with Crippen molar-refractivity contribution in [2.24, 2.45) is 0 Å². The summed E-state index contributed by atoms with van der Waals surface area (Å²) in [5.41, 5.74) is 2.69. The molecule has 0 spiro atoms. The van der Waals surface area contributed by atoms with Crippen molar-refractivity contribution in [2.75, 3.05) is 4.90 Å². The Bertz CT molecular complexity index is 292. The maximum absolute atomic E-state index is 2.54. The third kappa shape index (κ3) is 3.01. The van der Waals surface area contributed by atoms with Crippen LogP contribution in [0.25, 0.3) is 0 Å². The minimum absolute atomic E-state index is 0.609. The van der Waals surface area contributed by atoms with Gasteiger partial charge in [-0.1, -0.05) is 31.5 Å². The number of hydrogen-bond acceptors (Lipinski definition) is 1. The molecule has 16 heavy (non-hydrogen) atoms. The van der Waals surface area contributed by atoms with Crippen molar-refractivity contribution < 1.29 is 0 Å². The summed E-state index contributed by atoms with van der Waals surface area (Å²) in [4.78, 5) is 2.54. The maximum atomic E-state index is 2.54. The van der Waals surface area contributed by atoms with Crippen LogP contribution >= 0.6 is 0 Å². The lowest BCUT2D eigenvalue weighted by Crippen LogP contribution is -2.39. The van der Waals surface area contributed by atoms with Gasteiger partial charge in [-0.15, -0.1) is 0 Å². The van der Waals surface area contributed by atoms with Crippen molar-refractivity contribution in [1.29, 1.82) is 0 Å². The molecule has 0 amide bonds. The molecule has 2 unspecified atom stereocenters. The lowest BCUT2D eigenvalue weighted by atomic mass is 10.1. The predicted octanol–water partition coefficient (Wildman–Crippen LogP) is 4.40. The van der Waals surface area contributed by atoms with Crippen LogP contribution in [0, 0.1) is 6.92 Å². The molecule has 1 aromatic rings. The fraction of sp³-hybridized carbons (Fsp3) is 0.600. The van der Waals surface area contributed by atoms with Crippen molar-refractivity contribution in [3.8, 4) is 0 Å². The molecular weight excluding hydrogens is 194 g/mol. The molecule has 90 valence electrons. The molecule has 1 rings (SSSR count). The van der Waals surface area contributed by atoms with Crippen LogP contribution in [0.2, 0.25) is 0 Å². The number of aryl methyl sites for hydroxylation is 1. The Balaban J connectivity index is 2.96. The molecule has 1 aromatic carbocycles. The molecule has 0 fully saturated rings. The second kappa shape index (κ2) is 5.93. The van der Waals surface area contributed by atoms with Crippen molar-refractivity contribution in [3.05, 3.63) is 29.8 Å². The number of benzene rings is 1. The highest BCUT2D eigenvalue weighted by atomic mass is 15.2. The van der Waals surface area contributed by atoms with Crippen molar-refractivity contribution in [1.82, 2.24) is 0 Å². The molecule has 2 atom stereocenters. The summed E-state index contributed by atoms with van der Waals surface area (Å²) in [6.45, 7) is 11.3. The van der Waals surface area contributed by atoms with Crippen LogP contribution < -0.4 is 4.90 Å². The van der Waals surface area contributed by atoms with E-state index >= 15 is 0 Å². The first kappa shape index (κ1) is 13.1. The average Bonchev–Trinajstić information content (AvgIpc) is 2.31. The van der Waals surface area contributed by atoms with E-state index in [2.05, 4.69) is 63.8 Å². The summed E-state index contributed by atoms with van der Waals surface area (Å²) in [6.07, 6.45) is 2.39. The Hall–Kier alpha value is -0.980. The summed E-state index contributed by atoms with van der Waals surface area (Å²) in [6, 6.07) is 10.1. The molecule has 0 bridgehead atoms. The number of rotatable bonds is 5. The summed E-state index contributed by atoms with van der Waals surface area (Å²) in [7, 11) is 0. The second-order valence-electron chi connectivity index (χ2n) is 4.76. The molecule has 0 saturated heterocycles. The van der Waals surface area contributed by atoms with Gasteiger partial charge in [-0.2, -0.15) is 0 Å². The fourth-order valence-corrected chi connectivity index (χ4v) is 2.05. The first-order valence-corrected chi connectivity index (χ1v) is 6.45. The van der Waals surface area contributed by atoms with Gasteiger partial charge in [-0.05, 0) is 45.7 Å². The Morgan fingerprint density at radius 1 is 0.938 bits per heavy atom. The SMILES string of the molecule is CCC(C)N(c1ccc(C)cc1)C(C)CC. The molecule has 0 aromatic heterocycles. The molecule has 0 N–H and O–H groups in total. The Labute approximate surface area is 100 Å². The van der Waals surface area contributed by atoms with E-state index in [0.717, 1.165) is 0 Å². The van der Waals surface area contributed by atoms with Gasteiger partial charge < -0.3 is 4.90 Å². The minimum atomic E-state index is 0.609. The highest BCUT2D eigenvalue weighted by Gasteiger charge is 2.17. The van der Waals surface area contributed by atoms with Gasteiger partial charge >= 0.3 is 0 Å². The first-order chi connectivity index (χ1) is 7.60. The third-order valence-corrected chi connectivity index (χ3v) is 3.46. The normalized spacial score (nSPS) is 14.6. The Kier molecular flexibility index (Phi) is 4.85. The highest BCUT2D eigenvalue weighted by molar-refractivity contribution is 5.49. The largest absolute Gasteiger partial charge is 0.366 e. The number of nitrogens with zero attached hydrogens (tertiary/aromatic N) is 1. The number of anilines is 1. The number of hydrogen-bond donors (Lipinski definition) is 0. The molecule has 0 radical (unpaired) electrons. The molecular formula is C15H25N. The minimum Gasteiger partial charge on any atom is -0.366 e. The van der Waals surface area contributed by atoms with Crippen molar-refractivity contribution in [3.63, 3.8) is 0 Å². The van der Waals surface area contributed by atoms with E-state index < -0.39 is 0 Å². The lowest BCUT2D eigenvalue weighted by molar-refractivity contribution is 0.527. The molecule has 0 heterocycles. The first-order valence-electron chi connectivity index (χ1n) is 6.45. The van der Waals surface area contributed by atoms with Gasteiger partial charge in [0.15, 0.2) is 0 Å². The van der Waals surface area contributed by atoms with Crippen LogP contribution in [-0.4, -0.2) is 12.1 Å². The zero-order chi connectivity index (χ0) is 12.1. The quantitative estimate of drug-likeness (QED) is 0.709. The van der Waals surface area contributed by atoms with E-state index in [0.29, 0.717) is 12.1 Å². The summed E-state index contributed by atoms with van der Waals surface area (Å²) in [5, 5.41) is 0. The molecule has 0 aliphatic carbocycles. The third-order valence-electron chi connectivity index (χ3n) is 3.46.